The van der Waals surface area contributed by atoms with Crippen LogP contribution in [0.2, 0.25) is 0 Å². The standard InChI is InChI=1S/C14H16N4OS/c19-13(16-14-17-15-10-20-14)11-6-8-18(9-7-11)12-4-2-1-3-5-12/h1-5,10-11H,6-9H2,(H,16,17,19). The van der Waals surface area contributed by atoms with Gasteiger partial charge in [-0.15, -0.1) is 10.2 Å². The predicted molar refractivity (Wildman–Crippen MR) is 79.9 cm³/mol. The highest BCUT2D eigenvalue weighted by Gasteiger charge is 2.25. The van der Waals surface area contributed by atoms with Gasteiger partial charge in [-0.1, -0.05) is 29.5 Å². The number of para-hydroxylation sites is 1. The third-order valence-corrected chi connectivity index (χ3v) is 4.18. The number of hydrogen-bond acceptors (Lipinski definition) is 5. The van der Waals surface area contributed by atoms with Crippen molar-refractivity contribution in [1.29, 1.82) is 0 Å². The van der Waals surface area contributed by atoms with Crippen LogP contribution in [0.5, 0.6) is 0 Å². The first-order valence-electron chi connectivity index (χ1n) is 6.70. The summed E-state index contributed by atoms with van der Waals surface area (Å²) >= 11 is 1.35. The summed E-state index contributed by atoms with van der Waals surface area (Å²) in [5.74, 6) is 0.133. The molecule has 1 aliphatic rings. The molecule has 1 aromatic heterocycles. The number of aromatic nitrogens is 2. The van der Waals surface area contributed by atoms with Crippen LogP contribution < -0.4 is 10.2 Å². The van der Waals surface area contributed by atoms with E-state index in [1.165, 1.54) is 17.0 Å². The van der Waals surface area contributed by atoms with E-state index in [4.69, 9.17) is 0 Å². The fourth-order valence-electron chi connectivity index (χ4n) is 2.47. The Morgan fingerprint density at radius 3 is 2.65 bits per heavy atom. The topological polar surface area (TPSA) is 58.1 Å². The van der Waals surface area contributed by atoms with Crippen molar-refractivity contribution in [1.82, 2.24) is 10.2 Å². The van der Waals surface area contributed by atoms with Crippen molar-refractivity contribution in [2.24, 2.45) is 5.92 Å². The molecule has 6 heteroatoms. The number of anilines is 2. The monoisotopic (exact) mass is 288 g/mol. The Balaban J connectivity index is 1.54. The molecule has 1 amide bonds. The van der Waals surface area contributed by atoms with E-state index in [0.717, 1.165) is 25.9 Å². The molecule has 1 saturated heterocycles. The van der Waals surface area contributed by atoms with Gasteiger partial charge in [-0.05, 0) is 25.0 Å². The van der Waals surface area contributed by atoms with Gasteiger partial charge < -0.3 is 10.2 Å². The molecular weight excluding hydrogens is 272 g/mol. The highest BCUT2D eigenvalue weighted by molar-refractivity contribution is 7.13. The molecule has 1 N–H and O–H groups in total. The van der Waals surface area contributed by atoms with E-state index in [0.29, 0.717) is 5.13 Å². The maximum atomic E-state index is 12.1. The van der Waals surface area contributed by atoms with E-state index in [-0.39, 0.29) is 11.8 Å². The molecule has 0 unspecified atom stereocenters. The van der Waals surface area contributed by atoms with Gasteiger partial charge in [0.05, 0.1) is 0 Å². The Kier molecular flexibility index (Phi) is 3.92. The van der Waals surface area contributed by atoms with Crippen molar-refractivity contribution in [3.8, 4) is 0 Å². The molecule has 2 heterocycles. The number of piperidine rings is 1. The molecule has 0 radical (unpaired) electrons. The van der Waals surface area contributed by atoms with Gasteiger partial charge in [0.15, 0.2) is 0 Å². The van der Waals surface area contributed by atoms with E-state index in [1.54, 1.807) is 5.51 Å². The normalized spacial score (nSPS) is 16.1. The quantitative estimate of drug-likeness (QED) is 0.942. The summed E-state index contributed by atoms with van der Waals surface area (Å²) in [5.41, 5.74) is 2.85. The van der Waals surface area contributed by atoms with Gasteiger partial charge in [-0.3, -0.25) is 4.79 Å². The lowest BCUT2D eigenvalue weighted by Crippen LogP contribution is -2.38. The molecule has 1 aliphatic heterocycles. The number of carbonyl (C=O) groups excluding carboxylic acids is 1. The zero-order chi connectivity index (χ0) is 13.8. The second kappa shape index (κ2) is 6.00. The zero-order valence-electron chi connectivity index (χ0n) is 11.0. The number of hydrogen-bond donors (Lipinski definition) is 1. The van der Waals surface area contributed by atoms with Crippen LogP contribution in [0.3, 0.4) is 0 Å². The predicted octanol–water partition coefficient (Wildman–Crippen LogP) is 2.39. The summed E-state index contributed by atoms with van der Waals surface area (Å²) in [6.45, 7) is 1.83. The van der Waals surface area contributed by atoms with Crippen LogP contribution in [0, 0.1) is 5.92 Å². The molecule has 1 fully saturated rings. The van der Waals surface area contributed by atoms with E-state index in [1.807, 2.05) is 18.2 Å². The third kappa shape index (κ3) is 2.96. The van der Waals surface area contributed by atoms with Crippen molar-refractivity contribution in [3.63, 3.8) is 0 Å². The van der Waals surface area contributed by atoms with Crippen molar-refractivity contribution in [3.05, 3.63) is 35.8 Å². The highest BCUT2D eigenvalue weighted by atomic mass is 32.1. The SMILES string of the molecule is O=C(Nc1nncs1)C1CCN(c2ccccc2)CC1. The van der Waals surface area contributed by atoms with Gasteiger partial charge in [0.2, 0.25) is 11.0 Å². The Morgan fingerprint density at radius 1 is 1.25 bits per heavy atom. The Hall–Kier alpha value is -1.95. The minimum absolute atomic E-state index is 0.0643. The van der Waals surface area contributed by atoms with Gasteiger partial charge in [0, 0.05) is 24.7 Å². The van der Waals surface area contributed by atoms with Crippen LogP contribution in [-0.2, 0) is 4.79 Å². The van der Waals surface area contributed by atoms with Gasteiger partial charge in [-0.25, -0.2) is 0 Å². The summed E-state index contributed by atoms with van der Waals surface area (Å²) in [4.78, 5) is 14.4. The number of nitrogens with zero attached hydrogens (tertiary/aromatic N) is 3. The maximum absolute atomic E-state index is 12.1. The lowest BCUT2D eigenvalue weighted by molar-refractivity contribution is -0.120. The number of benzene rings is 1. The molecule has 3 rings (SSSR count). The molecule has 0 saturated carbocycles. The van der Waals surface area contributed by atoms with E-state index < -0.39 is 0 Å². The van der Waals surface area contributed by atoms with Crippen LogP contribution in [-0.4, -0.2) is 29.2 Å². The molecule has 0 bridgehead atoms. The fourth-order valence-corrected chi connectivity index (χ4v) is 2.92. The van der Waals surface area contributed by atoms with Crippen molar-refractivity contribution < 1.29 is 4.79 Å². The van der Waals surface area contributed by atoms with Crippen LogP contribution in [0.4, 0.5) is 10.8 Å². The van der Waals surface area contributed by atoms with Crippen molar-refractivity contribution in [2.45, 2.75) is 12.8 Å². The zero-order valence-corrected chi connectivity index (χ0v) is 11.8. The fraction of sp³-hybridized carbons (Fsp3) is 0.357. The highest BCUT2D eigenvalue weighted by Crippen LogP contribution is 2.24. The van der Waals surface area contributed by atoms with E-state index in [9.17, 15) is 4.79 Å². The largest absolute Gasteiger partial charge is 0.371 e. The molecular formula is C14H16N4OS. The second-order valence-corrected chi connectivity index (χ2v) is 5.66. The summed E-state index contributed by atoms with van der Waals surface area (Å²) in [6.07, 6.45) is 1.75. The number of nitrogens with one attached hydrogen (secondary N) is 1. The number of rotatable bonds is 3. The van der Waals surface area contributed by atoms with Gasteiger partial charge >= 0.3 is 0 Å². The molecule has 0 aliphatic carbocycles. The van der Waals surface area contributed by atoms with E-state index >= 15 is 0 Å². The first kappa shape index (κ1) is 13.1. The summed E-state index contributed by atoms with van der Waals surface area (Å²) in [5, 5.41) is 11.0. The van der Waals surface area contributed by atoms with Crippen molar-refractivity contribution in [2.75, 3.05) is 23.3 Å². The van der Waals surface area contributed by atoms with E-state index in [2.05, 4.69) is 32.5 Å². The minimum atomic E-state index is 0.0643. The summed E-state index contributed by atoms with van der Waals surface area (Å²) < 4.78 is 0. The molecule has 2 aromatic rings. The minimum Gasteiger partial charge on any atom is -0.371 e. The maximum Gasteiger partial charge on any atom is 0.229 e. The van der Waals surface area contributed by atoms with Crippen LogP contribution in [0.25, 0.3) is 0 Å². The molecule has 1 aromatic carbocycles. The van der Waals surface area contributed by atoms with Crippen LogP contribution >= 0.6 is 11.3 Å². The number of amides is 1. The lowest BCUT2D eigenvalue weighted by atomic mass is 9.95. The molecule has 20 heavy (non-hydrogen) atoms. The lowest BCUT2D eigenvalue weighted by Gasteiger charge is -2.32. The smallest absolute Gasteiger partial charge is 0.229 e. The van der Waals surface area contributed by atoms with Gasteiger partial charge in [-0.2, -0.15) is 0 Å². The molecule has 5 nitrogen and oxygen atoms in total. The van der Waals surface area contributed by atoms with Gasteiger partial charge in [0.25, 0.3) is 0 Å². The third-order valence-electron chi connectivity index (χ3n) is 3.58. The Morgan fingerprint density at radius 2 is 2.00 bits per heavy atom. The summed E-state index contributed by atoms with van der Waals surface area (Å²) in [6, 6.07) is 10.3. The Labute approximate surface area is 121 Å². The average Bonchev–Trinajstić information content (AvgIpc) is 3.01. The molecule has 0 atom stereocenters. The van der Waals surface area contributed by atoms with Crippen LogP contribution in [0.15, 0.2) is 35.8 Å². The molecule has 0 spiro atoms. The first-order valence-corrected chi connectivity index (χ1v) is 7.58. The second-order valence-electron chi connectivity index (χ2n) is 4.83. The summed E-state index contributed by atoms with van der Waals surface area (Å²) in [7, 11) is 0. The van der Waals surface area contributed by atoms with Gasteiger partial charge in [0.1, 0.15) is 5.51 Å². The first-order chi connectivity index (χ1) is 9.83. The Bertz CT molecular complexity index is 550. The molecule has 104 valence electrons. The average molecular weight is 288 g/mol. The van der Waals surface area contributed by atoms with Crippen LogP contribution in [0.1, 0.15) is 12.8 Å². The number of carbonyl (C=O) groups is 1. The van der Waals surface area contributed by atoms with Crippen molar-refractivity contribution >= 4 is 28.1 Å².